The second kappa shape index (κ2) is 9.50. The molecule has 0 radical (unpaired) electrons. The Morgan fingerprint density at radius 3 is 2.50 bits per heavy atom. The number of hydrogen-bond donors (Lipinski definition) is 1. The number of aryl methyl sites for hydroxylation is 2. The van der Waals surface area contributed by atoms with Crippen LogP contribution in [-0.4, -0.2) is 25.3 Å². The SMILES string of the molecule is Cc1ccc(NC(=O)N2Cc3c(C)nn(-c4ccccc4)c3-n3cccc3C2c2ccc(F)cc2)c(Cl)c1. The first-order valence-electron chi connectivity index (χ1n) is 12.3. The number of amides is 2. The van der Waals surface area contributed by atoms with Crippen molar-refractivity contribution in [2.45, 2.75) is 26.4 Å². The molecule has 8 heteroatoms. The zero-order valence-electron chi connectivity index (χ0n) is 20.9. The van der Waals surface area contributed by atoms with Crippen LogP contribution in [0.4, 0.5) is 14.9 Å². The summed E-state index contributed by atoms with van der Waals surface area (Å²) in [7, 11) is 0. The molecule has 0 saturated heterocycles. The number of anilines is 1. The fourth-order valence-corrected chi connectivity index (χ4v) is 5.34. The van der Waals surface area contributed by atoms with Crippen LogP contribution in [0.25, 0.3) is 11.5 Å². The van der Waals surface area contributed by atoms with Gasteiger partial charge in [0.2, 0.25) is 0 Å². The summed E-state index contributed by atoms with van der Waals surface area (Å²) in [6.45, 7) is 4.18. The van der Waals surface area contributed by atoms with Gasteiger partial charge in [-0.1, -0.05) is 48.0 Å². The summed E-state index contributed by atoms with van der Waals surface area (Å²) >= 11 is 6.46. The minimum atomic E-state index is -0.495. The summed E-state index contributed by atoms with van der Waals surface area (Å²) in [6, 6.07) is 24.8. The van der Waals surface area contributed by atoms with E-state index < -0.39 is 6.04 Å². The van der Waals surface area contributed by atoms with Gasteiger partial charge in [-0.2, -0.15) is 5.10 Å². The van der Waals surface area contributed by atoms with Crippen molar-refractivity contribution in [1.29, 1.82) is 0 Å². The number of benzene rings is 3. The number of carbonyl (C=O) groups excluding carboxylic acids is 1. The van der Waals surface area contributed by atoms with Crippen LogP contribution in [0.1, 0.15) is 34.1 Å². The van der Waals surface area contributed by atoms with Crippen LogP contribution in [0.5, 0.6) is 0 Å². The van der Waals surface area contributed by atoms with Crippen molar-refractivity contribution in [3.8, 4) is 11.5 Å². The monoisotopic (exact) mass is 525 g/mol. The Morgan fingerprint density at radius 1 is 1.00 bits per heavy atom. The maximum absolute atomic E-state index is 14.0. The number of para-hydroxylation sites is 1. The second-order valence-electron chi connectivity index (χ2n) is 9.43. The van der Waals surface area contributed by atoms with Crippen molar-refractivity contribution in [2.24, 2.45) is 0 Å². The molecular weight excluding hydrogens is 501 g/mol. The molecule has 0 fully saturated rings. The molecule has 3 heterocycles. The minimum Gasteiger partial charge on any atom is -0.307 e. The van der Waals surface area contributed by atoms with Gasteiger partial charge < -0.3 is 14.8 Å². The third-order valence-corrected chi connectivity index (χ3v) is 7.21. The average molecular weight is 526 g/mol. The van der Waals surface area contributed by atoms with E-state index in [1.54, 1.807) is 23.1 Å². The van der Waals surface area contributed by atoms with Crippen LogP contribution >= 0.6 is 11.6 Å². The number of carbonyl (C=O) groups is 1. The number of nitrogens with one attached hydrogen (secondary N) is 1. The highest BCUT2D eigenvalue weighted by Crippen LogP contribution is 2.39. The van der Waals surface area contributed by atoms with E-state index in [0.717, 1.165) is 39.6 Å². The number of fused-ring (bicyclic) bond motifs is 3. The first-order valence-corrected chi connectivity index (χ1v) is 12.7. The molecule has 38 heavy (non-hydrogen) atoms. The Hall–Kier alpha value is -4.36. The number of halogens is 2. The van der Waals surface area contributed by atoms with Gasteiger partial charge in [-0.3, -0.25) is 0 Å². The molecule has 6 rings (SSSR count). The summed E-state index contributed by atoms with van der Waals surface area (Å²) in [5, 5.41) is 8.32. The third kappa shape index (κ3) is 4.15. The molecular formula is C30H25ClFN5O. The summed E-state index contributed by atoms with van der Waals surface area (Å²) in [5.74, 6) is 0.531. The summed E-state index contributed by atoms with van der Waals surface area (Å²) in [6.07, 6.45) is 1.98. The highest BCUT2D eigenvalue weighted by atomic mass is 35.5. The lowest BCUT2D eigenvalue weighted by molar-refractivity contribution is 0.194. The van der Waals surface area contributed by atoms with Crippen molar-refractivity contribution in [3.63, 3.8) is 0 Å². The molecule has 190 valence electrons. The quantitative estimate of drug-likeness (QED) is 0.270. The van der Waals surface area contributed by atoms with Gasteiger partial charge in [0, 0.05) is 11.8 Å². The van der Waals surface area contributed by atoms with Gasteiger partial charge >= 0.3 is 6.03 Å². The first-order chi connectivity index (χ1) is 18.4. The minimum absolute atomic E-state index is 0.285. The lowest BCUT2D eigenvalue weighted by atomic mass is 10.0. The molecule has 0 spiro atoms. The molecule has 1 atom stereocenters. The lowest BCUT2D eigenvalue weighted by Crippen LogP contribution is -2.38. The third-order valence-electron chi connectivity index (χ3n) is 6.90. The smallest absolute Gasteiger partial charge is 0.307 e. The zero-order chi connectivity index (χ0) is 26.4. The van der Waals surface area contributed by atoms with Gasteiger partial charge in [0.25, 0.3) is 0 Å². The van der Waals surface area contributed by atoms with Crippen LogP contribution in [0, 0.1) is 19.7 Å². The Kier molecular flexibility index (Phi) is 6.00. The van der Waals surface area contributed by atoms with Gasteiger partial charge in [0.15, 0.2) is 0 Å². The second-order valence-corrected chi connectivity index (χ2v) is 9.84. The van der Waals surface area contributed by atoms with E-state index in [9.17, 15) is 9.18 Å². The van der Waals surface area contributed by atoms with Crippen molar-refractivity contribution in [3.05, 3.63) is 130 Å². The molecule has 1 aliphatic rings. The maximum Gasteiger partial charge on any atom is 0.323 e. The molecule has 1 aliphatic heterocycles. The predicted molar refractivity (Wildman–Crippen MR) is 147 cm³/mol. The van der Waals surface area contributed by atoms with Crippen molar-refractivity contribution in [1.82, 2.24) is 19.2 Å². The molecule has 1 unspecified atom stereocenters. The predicted octanol–water partition coefficient (Wildman–Crippen LogP) is 7.21. The summed E-state index contributed by atoms with van der Waals surface area (Å²) < 4.78 is 17.9. The van der Waals surface area contributed by atoms with Crippen molar-refractivity contribution < 1.29 is 9.18 Å². The number of rotatable bonds is 3. The lowest BCUT2D eigenvalue weighted by Gasteiger charge is -2.31. The molecule has 3 aromatic carbocycles. The largest absolute Gasteiger partial charge is 0.323 e. The van der Waals surface area contributed by atoms with Gasteiger partial charge in [0.05, 0.1) is 40.4 Å². The van der Waals surface area contributed by atoms with Crippen LogP contribution < -0.4 is 5.32 Å². The highest BCUT2D eigenvalue weighted by molar-refractivity contribution is 6.33. The average Bonchev–Trinajstić information content (AvgIpc) is 3.47. The van der Waals surface area contributed by atoms with E-state index in [1.165, 1.54) is 12.1 Å². The van der Waals surface area contributed by atoms with Gasteiger partial charge in [-0.15, -0.1) is 0 Å². The van der Waals surface area contributed by atoms with Crippen molar-refractivity contribution in [2.75, 3.05) is 5.32 Å². The van der Waals surface area contributed by atoms with Crippen LogP contribution in [0.2, 0.25) is 5.02 Å². The van der Waals surface area contributed by atoms with Gasteiger partial charge in [0.1, 0.15) is 11.6 Å². The molecule has 0 saturated carbocycles. The van der Waals surface area contributed by atoms with Crippen LogP contribution in [-0.2, 0) is 6.54 Å². The topological polar surface area (TPSA) is 55.1 Å². The van der Waals surface area contributed by atoms with Crippen molar-refractivity contribution >= 4 is 23.3 Å². The summed E-state index contributed by atoms with van der Waals surface area (Å²) in [5.41, 5.74) is 5.82. The van der Waals surface area contributed by atoms with E-state index in [1.807, 2.05) is 79.3 Å². The Morgan fingerprint density at radius 2 is 1.76 bits per heavy atom. The normalized spacial score (nSPS) is 14.5. The fraction of sp³-hybridized carbons (Fsp3) is 0.133. The highest BCUT2D eigenvalue weighted by Gasteiger charge is 2.36. The van der Waals surface area contributed by atoms with E-state index in [0.29, 0.717) is 10.7 Å². The number of urea groups is 1. The molecule has 0 aliphatic carbocycles. The fourth-order valence-electron chi connectivity index (χ4n) is 5.05. The number of aromatic nitrogens is 3. The molecule has 5 aromatic rings. The molecule has 0 bridgehead atoms. The molecule has 2 amide bonds. The standard InChI is InChI=1S/C30H25ClFN5O/c1-19-10-15-26(25(31)17-19)33-30(38)36-18-24-20(2)34-37(23-7-4-3-5-8-23)29(24)35-16-6-9-27(35)28(36)21-11-13-22(32)14-12-21/h3-17,28H,18H2,1-2H3,(H,33,38). The molecule has 1 N–H and O–H groups in total. The Balaban J connectivity index is 1.53. The number of nitrogens with zero attached hydrogens (tertiary/aromatic N) is 4. The zero-order valence-corrected chi connectivity index (χ0v) is 21.7. The molecule has 6 nitrogen and oxygen atoms in total. The maximum atomic E-state index is 14.0. The van der Waals surface area contributed by atoms with E-state index in [-0.39, 0.29) is 18.4 Å². The van der Waals surface area contributed by atoms with Gasteiger partial charge in [-0.25, -0.2) is 13.9 Å². The van der Waals surface area contributed by atoms with Crippen LogP contribution in [0.15, 0.2) is 91.1 Å². The van der Waals surface area contributed by atoms with Gasteiger partial charge in [-0.05, 0) is 73.5 Å². The number of hydrogen-bond acceptors (Lipinski definition) is 2. The first kappa shape index (κ1) is 24.0. The van der Waals surface area contributed by atoms with E-state index in [4.69, 9.17) is 16.7 Å². The molecule has 2 aromatic heterocycles. The summed E-state index contributed by atoms with van der Waals surface area (Å²) in [4.78, 5) is 15.7. The Labute approximate surface area is 224 Å². The Bertz CT molecular complexity index is 1640. The van der Waals surface area contributed by atoms with E-state index >= 15 is 0 Å². The van der Waals surface area contributed by atoms with Crippen LogP contribution in [0.3, 0.4) is 0 Å². The van der Waals surface area contributed by atoms with E-state index in [2.05, 4.69) is 9.88 Å².